The molecule has 7 nitrogen and oxygen atoms in total. The number of hydrogen-bond donors (Lipinski definition) is 6. The van der Waals surface area contributed by atoms with Gasteiger partial charge < -0.3 is 27.4 Å². The van der Waals surface area contributed by atoms with E-state index in [1.54, 1.807) is 0 Å². The first-order chi connectivity index (χ1) is 5.29. The standard InChI is InChI=1S/C4H9NO3.CH5N3/c1-2(6)3(5)4(7)8;2-1(3)4/h2-3,6H,5H2,1H3,(H,7,8);(H5,2,3,4). The summed E-state index contributed by atoms with van der Waals surface area (Å²) in [6.07, 6.45) is -0.979. The van der Waals surface area contributed by atoms with Gasteiger partial charge in [-0.15, -0.1) is 0 Å². The Kier molecular flexibility index (Phi) is 7.05. The van der Waals surface area contributed by atoms with Gasteiger partial charge in [-0.05, 0) is 6.92 Å². The summed E-state index contributed by atoms with van der Waals surface area (Å²) in [5, 5.41) is 22.6. The maximum atomic E-state index is 9.86. The summed E-state index contributed by atoms with van der Waals surface area (Å²) in [6.45, 7) is 1.33. The second-order valence-corrected chi connectivity index (χ2v) is 2.06. The first-order valence-electron chi connectivity index (χ1n) is 3.05. The van der Waals surface area contributed by atoms with E-state index in [1.807, 2.05) is 0 Å². The Hall–Kier alpha value is -1.34. The molecule has 0 spiro atoms. The summed E-state index contributed by atoms with van der Waals surface area (Å²) in [6, 6.07) is -1.16. The molecule has 0 aliphatic rings. The number of aliphatic hydroxyl groups is 1. The van der Waals surface area contributed by atoms with Gasteiger partial charge in [0.1, 0.15) is 6.04 Å². The second-order valence-electron chi connectivity index (χ2n) is 2.06. The normalized spacial score (nSPS) is 13.6. The van der Waals surface area contributed by atoms with E-state index in [2.05, 4.69) is 11.5 Å². The lowest BCUT2D eigenvalue weighted by molar-refractivity contribution is -0.140. The van der Waals surface area contributed by atoms with E-state index in [9.17, 15) is 4.79 Å². The zero-order chi connectivity index (χ0) is 10.3. The van der Waals surface area contributed by atoms with E-state index in [0.29, 0.717) is 0 Å². The van der Waals surface area contributed by atoms with E-state index in [4.69, 9.17) is 21.4 Å². The van der Waals surface area contributed by atoms with Gasteiger partial charge >= 0.3 is 5.97 Å². The molecule has 0 aliphatic carbocycles. The number of carboxylic acids is 1. The average molecular weight is 178 g/mol. The quantitative estimate of drug-likeness (QED) is 0.204. The van der Waals surface area contributed by atoms with Crippen molar-refractivity contribution in [1.82, 2.24) is 0 Å². The number of aliphatic hydroxyl groups excluding tert-OH is 1. The van der Waals surface area contributed by atoms with E-state index in [-0.39, 0.29) is 5.96 Å². The van der Waals surface area contributed by atoms with E-state index >= 15 is 0 Å². The van der Waals surface area contributed by atoms with Crippen molar-refractivity contribution in [3.63, 3.8) is 0 Å². The van der Waals surface area contributed by atoms with Gasteiger partial charge in [-0.3, -0.25) is 10.2 Å². The molecule has 0 amide bonds. The van der Waals surface area contributed by atoms with Crippen LogP contribution in [-0.2, 0) is 4.79 Å². The van der Waals surface area contributed by atoms with Crippen LogP contribution in [0, 0.1) is 5.41 Å². The molecule has 0 radical (unpaired) electrons. The molecule has 0 aliphatic heterocycles. The molecule has 0 saturated heterocycles. The van der Waals surface area contributed by atoms with Crippen molar-refractivity contribution in [2.75, 3.05) is 0 Å². The van der Waals surface area contributed by atoms with Crippen LogP contribution in [0.2, 0.25) is 0 Å². The molecule has 0 bridgehead atoms. The third-order valence-electron chi connectivity index (χ3n) is 0.805. The minimum absolute atomic E-state index is 0.333. The Morgan fingerprint density at radius 3 is 1.75 bits per heavy atom. The summed E-state index contributed by atoms with van der Waals surface area (Å²) in [4.78, 5) is 9.86. The van der Waals surface area contributed by atoms with Crippen LogP contribution >= 0.6 is 0 Å². The number of nitrogens with one attached hydrogen (secondary N) is 1. The third kappa shape index (κ3) is 11.5. The number of carboxylic acid groups (broad SMARTS) is 1. The Morgan fingerprint density at radius 1 is 1.50 bits per heavy atom. The van der Waals surface area contributed by atoms with E-state index in [0.717, 1.165) is 0 Å². The zero-order valence-corrected chi connectivity index (χ0v) is 6.69. The number of rotatable bonds is 2. The topological polar surface area (TPSA) is 159 Å². The summed E-state index contributed by atoms with van der Waals surface area (Å²) in [5.41, 5.74) is 13.9. The second kappa shape index (κ2) is 6.38. The highest BCUT2D eigenvalue weighted by Crippen LogP contribution is 1.85. The molecule has 0 aromatic heterocycles. The summed E-state index contributed by atoms with van der Waals surface area (Å²) < 4.78 is 0. The molecule has 9 N–H and O–H groups in total. The molecular weight excluding hydrogens is 164 g/mol. The molecule has 72 valence electrons. The summed E-state index contributed by atoms with van der Waals surface area (Å²) >= 11 is 0. The van der Waals surface area contributed by atoms with Gasteiger partial charge in [0.15, 0.2) is 5.96 Å². The molecule has 0 aromatic rings. The predicted molar refractivity (Wildman–Crippen MR) is 43.4 cm³/mol. The molecular formula is C5H14N4O3. The lowest BCUT2D eigenvalue weighted by Gasteiger charge is -2.06. The predicted octanol–water partition coefficient (Wildman–Crippen LogP) is -2.38. The van der Waals surface area contributed by atoms with E-state index in [1.165, 1.54) is 6.92 Å². The fraction of sp³-hybridized carbons (Fsp3) is 0.600. The minimum Gasteiger partial charge on any atom is -0.480 e. The Bertz CT molecular complexity index is 155. The van der Waals surface area contributed by atoms with Crippen molar-refractivity contribution in [1.29, 1.82) is 5.41 Å². The average Bonchev–Trinajstić information content (AvgIpc) is 1.84. The highest BCUT2D eigenvalue weighted by Gasteiger charge is 2.16. The van der Waals surface area contributed by atoms with Gasteiger partial charge in [0, 0.05) is 0 Å². The van der Waals surface area contributed by atoms with Crippen molar-refractivity contribution >= 4 is 11.9 Å². The lowest BCUT2D eigenvalue weighted by Crippen LogP contribution is -2.39. The van der Waals surface area contributed by atoms with Crippen molar-refractivity contribution < 1.29 is 15.0 Å². The summed E-state index contributed by atoms with van der Waals surface area (Å²) in [7, 11) is 0. The molecule has 0 heterocycles. The van der Waals surface area contributed by atoms with Gasteiger partial charge in [0.2, 0.25) is 0 Å². The number of carbonyl (C=O) groups is 1. The zero-order valence-electron chi connectivity index (χ0n) is 6.69. The molecule has 0 fully saturated rings. The highest BCUT2D eigenvalue weighted by atomic mass is 16.4. The van der Waals surface area contributed by atoms with Gasteiger partial charge in [-0.2, -0.15) is 0 Å². The third-order valence-corrected chi connectivity index (χ3v) is 0.805. The fourth-order valence-electron chi connectivity index (χ4n) is 0.206. The molecule has 0 aromatic carbocycles. The monoisotopic (exact) mass is 178 g/mol. The van der Waals surface area contributed by atoms with Crippen molar-refractivity contribution in [3.8, 4) is 0 Å². The lowest BCUT2D eigenvalue weighted by atomic mass is 10.2. The molecule has 7 heteroatoms. The van der Waals surface area contributed by atoms with Crippen LogP contribution < -0.4 is 17.2 Å². The molecule has 0 rings (SSSR count). The Morgan fingerprint density at radius 2 is 1.75 bits per heavy atom. The van der Waals surface area contributed by atoms with E-state index < -0.39 is 18.1 Å². The fourth-order valence-corrected chi connectivity index (χ4v) is 0.206. The number of guanidine groups is 1. The number of aliphatic carboxylic acids is 1. The Balaban J connectivity index is 0. The van der Waals surface area contributed by atoms with Crippen LogP contribution in [0.4, 0.5) is 0 Å². The maximum absolute atomic E-state index is 9.86. The van der Waals surface area contributed by atoms with Crippen molar-refractivity contribution in [2.24, 2.45) is 17.2 Å². The first kappa shape index (κ1) is 13.3. The molecule has 0 saturated carbocycles. The summed E-state index contributed by atoms with van der Waals surface area (Å²) in [5.74, 6) is -1.51. The van der Waals surface area contributed by atoms with Gasteiger partial charge in [-0.1, -0.05) is 0 Å². The van der Waals surface area contributed by atoms with Gasteiger partial charge in [-0.25, -0.2) is 0 Å². The van der Waals surface area contributed by atoms with Gasteiger partial charge in [0.05, 0.1) is 6.10 Å². The molecule has 2 unspecified atom stereocenters. The smallest absolute Gasteiger partial charge is 0.323 e. The highest BCUT2D eigenvalue weighted by molar-refractivity contribution is 5.73. The molecule has 12 heavy (non-hydrogen) atoms. The van der Waals surface area contributed by atoms with Crippen LogP contribution in [0.25, 0.3) is 0 Å². The minimum atomic E-state index is -1.18. The van der Waals surface area contributed by atoms with Crippen LogP contribution in [0.15, 0.2) is 0 Å². The van der Waals surface area contributed by atoms with Crippen LogP contribution in [-0.4, -0.2) is 34.3 Å². The number of nitrogens with two attached hydrogens (primary N) is 3. The van der Waals surface area contributed by atoms with Crippen LogP contribution in [0.1, 0.15) is 6.92 Å². The largest absolute Gasteiger partial charge is 0.480 e. The first-order valence-corrected chi connectivity index (χ1v) is 3.05. The van der Waals surface area contributed by atoms with Crippen molar-refractivity contribution in [3.05, 3.63) is 0 Å². The molecule has 2 atom stereocenters. The van der Waals surface area contributed by atoms with Crippen LogP contribution in [0.5, 0.6) is 0 Å². The number of hydrogen-bond acceptors (Lipinski definition) is 4. The van der Waals surface area contributed by atoms with Crippen LogP contribution in [0.3, 0.4) is 0 Å². The van der Waals surface area contributed by atoms with Crippen molar-refractivity contribution in [2.45, 2.75) is 19.1 Å². The Labute approximate surface area is 69.7 Å². The van der Waals surface area contributed by atoms with Gasteiger partial charge in [0.25, 0.3) is 0 Å². The SMILES string of the molecule is CC(O)C(N)C(=O)O.N=C(N)N. The maximum Gasteiger partial charge on any atom is 0.323 e.